The third-order valence-electron chi connectivity index (χ3n) is 2.05. The second kappa shape index (κ2) is 5.54. The number of rotatable bonds is 5. The van der Waals surface area contributed by atoms with Crippen molar-refractivity contribution in [2.45, 2.75) is 26.3 Å². The Balaban J connectivity index is 2.49. The van der Waals surface area contributed by atoms with Gasteiger partial charge in [0.25, 0.3) is 5.56 Å². The molecule has 0 aromatic carbocycles. The van der Waals surface area contributed by atoms with E-state index in [1.54, 1.807) is 12.1 Å². The molecule has 14 heavy (non-hydrogen) atoms. The number of nitrogens with one attached hydrogen (secondary N) is 1. The Kier molecular flexibility index (Phi) is 4.32. The summed E-state index contributed by atoms with van der Waals surface area (Å²) < 4.78 is 1.53. The fourth-order valence-electron chi connectivity index (χ4n) is 1.27. The Morgan fingerprint density at radius 2 is 2.21 bits per heavy atom. The molecule has 78 valence electrons. The maximum Gasteiger partial charge on any atom is 0.266 e. The summed E-state index contributed by atoms with van der Waals surface area (Å²) >= 11 is 0. The first kappa shape index (κ1) is 10.9. The van der Waals surface area contributed by atoms with Gasteiger partial charge in [0.2, 0.25) is 0 Å². The van der Waals surface area contributed by atoms with Crippen LogP contribution in [0.15, 0.2) is 16.9 Å². The van der Waals surface area contributed by atoms with Crippen LogP contribution in [0.2, 0.25) is 0 Å². The molecule has 0 radical (unpaired) electrons. The Morgan fingerprint density at radius 3 is 2.93 bits per heavy atom. The van der Waals surface area contributed by atoms with Crippen LogP contribution in [0.3, 0.4) is 0 Å². The van der Waals surface area contributed by atoms with E-state index in [1.165, 1.54) is 4.68 Å². The molecule has 4 heteroatoms. The van der Waals surface area contributed by atoms with E-state index < -0.39 is 0 Å². The molecule has 0 aliphatic carbocycles. The predicted octanol–water partition coefficient (Wildman–Crippen LogP) is 0.551. The Labute approximate surface area is 84.0 Å². The quantitative estimate of drug-likeness (QED) is 0.698. The number of aryl methyl sites for hydroxylation is 2. The van der Waals surface area contributed by atoms with Crippen molar-refractivity contribution in [2.75, 3.05) is 13.6 Å². The summed E-state index contributed by atoms with van der Waals surface area (Å²) in [6.07, 6.45) is 2.05. The van der Waals surface area contributed by atoms with Gasteiger partial charge in [0.05, 0.1) is 5.69 Å². The molecule has 0 aliphatic heterocycles. The van der Waals surface area contributed by atoms with Crippen LogP contribution in [0.25, 0.3) is 0 Å². The molecule has 4 nitrogen and oxygen atoms in total. The molecular formula is C10H17N3O. The number of unbranched alkanes of at least 4 members (excludes halogenated alkanes) is 1. The average molecular weight is 195 g/mol. The summed E-state index contributed by atoms with van der Waals surface area (Å²) in [7, 11) is 1.93. The molecule has 0 aliphatic rings. The van der Waals surface area contributed by atoms with Gasteiger partial charge in [-0.15, -0.1) is 0 Å². The van der Waals surface area contributed by atoms with E-state index in [1.807, 2.05) is 14.0 Å². The maximum atomic E-state index is 11.3. The summed E-state index contributed by atoms with van der Waals surface area (Å²) in [6, 6.07) is 3.31. The van der Waals surface area contributed by atoms with Gasteiger partial charge >= 0.3 is 0 Å². The van der Waals surface area contributed by atoms with E-state index >= 15 is 0 Å². The van der Waals surface area contributed by atoms with Crippen molar-refractivity contribution in [3.63, 3.8) is 0 Å². The molecule has 1 aromatic heterocycles. The van der Waals surface area contributed by atoms with Crippen LogP contribution in [0.4, 0.5) is 0 Å². The van der Waals surface area contributed by atoms with Gasteiger partial charge in [-0.3, -0.25) is 4.79 Å². The highest BCUT2D eigenvalue weighted by Gasteiger charge is 1.96. The van der Waals surface area contributed by atoms with Gasteiger partial charge in [-0.25, -0.2) is 4.68 Å². The van der Waals surface area contributed by atoms with Gasteiger partial charge in [-0.05, 0) is 39.4 Å². The molecule has 1 aromatic rings. The predicted molar refractivity (Wildman–Crippen MR) is 56.4 cm³/mol. The molecule has 0 fully saturated rings. The summed E-state index contributed by atoms with van der Waals surface area (Å²) in [5.41, 5.74) is 0.873. The lowest BCUT2D eigenvalue weighted by Crippen LogP contribution is -2.23. The zero-order chi connectivity index (χ0) is 10.4. The van der Waals surface area contributed by atoms with Crippen LogP contribution in [0.5, 0.6) is 0 Å². The lowest BCUT2D eigenvalue weighted by molar-refractivity contribution is 0.520. The highest BCUT2D eigenvalue weighted by Crippen LogP contribution is 1.91. The first-order valence-corrected chi connectivity index (χ1v) is 4.93. The number of nitrogens with zero attached hydrogens (tertiary/aromatic N) is 2. The van der Waals surface area contributed by atoms with Crippen molar-refractivity contribution in [1.82, 2.24) is 15.1 Å². The van der Waals surface area contributed by atoms with Crippen molar-refractivity contribution in [3.05, 3.63) is 28.2 Å². The minimum atomic E-state index is -0.0138. The van der Waals surface area contributed by atoms with E-state index in [0.717, 1.165) is 25.1 Å². The Hall–Kier alpha value is -1.16. The zero-order valence-corrected chi connectivity index (χ0v) is 8.79. The minimum Gasteiger partial charge on any atom is -0.320 e. The first-order valence-electron chi connectivity index (χ1n) is 4.93. The van der Waals surface area contributed by atoms with Gasteiger partial charge < -0.3 is 5.32 Å². The zero-order valence-electron chi connectivity index (χ0n) is 8.79. The van der Waals surface area contributed by atoms with E-state index in [9.17, 15) is 4.79 Å². The van der Waals surface area contributed by atoms with Crippen molar-refractivity contribution in [2.24, 2.45) is 0 Å². The topological polar surface area (TPSA) is 46.9 Å². The number of hydrogen-bond acceptors (Lipinski definition) is 3. The average Bonchev–Trinajstić information content (AvgIpc) is 2.18. The maximum absolute atomic E-state index is 11.3. The van der Waals surface area contributed by atoms with Gasteiger partial charge in [0.1, 0.15) is 0 Å². The molecule has 0 spiro atoms. The van der Waals surface area contributed by atoms with Gasteiger partial charge in [-0.1, -0.05) is 0 Å². The van der Waals surface area contributed by atoms with Crippen molar-refractivity contribution in [1.29, 1.82) is 0 Å². The molecule has 1 N–H and O–H groups in total. The summed E-state index contributed by atoms with van der Waals surface area (Å²) in [4.78, 5) is 11.3. The van der Waals surface area contributed by atoms with Crippen molar-refractivity contribution in [3.8, 4) is 0 Å². The van der Waals surface area contributed by atoms with Crippen molar-refractivity contribution >= 4 is 0 Å². The van der Waals surface area contributed by atoms with E-state index in [2.05, 4.69) is 10.4 Å². The standard InChI is InChI=1S/C10H17N3O/c1-9-5-6-10(14)13(12-9)8-4-3-7-11-2/h5-6,11H,3-4,7-8H2,1-2H3. The van der Waals surface area contributed by atoms with Gasteiger partial charge in [0.15, 0.2) is 0 Å². The third-order valence-corrected chi connectivity index (χ3v) is 2.05. The molecule has 0 amide bonds. The largest absolute Gasteiger partial charge is 0.320 e. The second-order valence-electron chi connectivity index (χ2n) is 3.35. The molecule has 0 atom stereocenters. The van der Waals surface area contributed by atoms with Crippen LogP contribution in [-0.2, 0) is 6.54 Å². The lowest BCUT2D eigenvalue weighted by atomic mass is 10.3. The monoisotopic (exact) mass is 195 g/mol. The number of hydrogen-bond donors (Lipinski definition) is 1. The Bertz CT molecular complexity index is 332. The van der Waals surface area contributed by atoms with Crippen LogP contribution < -0.4 is 10.9 Å². The minimum absolute atomic E-state index is 0.0138. The highest BCUT2D eigenvalue weighted by atomic mass is 16.1. The van der Waals surface area contributed by atoms with Gasteiger partial charge in [0, 0.05) is 12.6 Å². The van der Waals surface area contributed by atoms with E-state index in [-0.39, 0.29) is 5.56 Å². The smallest absolute Gasteiger partial charge is 0.266 e. The van der Waals surface area contributed by atoms with Crippen LogP contribution in [-0.4, -0.2) is 23.4 Å². The fourth-order valence-corrected chi connectivity index (χ4v) is 1.27. The SMILES string of the molecule is CNCCCCn1nc(C)ccc1=O. The molecule has 1 rings (SSSR count). The Morgan fingerprint density at radius 1 is 1.43 bits per heavy atom. The van der Waals surface area contributed by atoms with Crippen LogP contribution in [0.1, 0.15) is 18.5 Å². The highest BCUT2D eigenvalue weighted by molar-refractivity contribution is 4.96. The van der Waals surface area contributed by atoms with Gasteiger partial charge in [-0.2, -0.15) is 5.10 Å². The summed E-state index contributed by atoms with van der Waals surface area (Å²) in [6.45, 7) is 3.59. The summed E-state index contributed by atoms with van der Waals surface area (Å²) in [5.74, 6) is 0. The second-order valence-corrected chi connectivity index (χ2v) is 3.35. The lowest BCUT2D eigenvalue weighted by Gasteiger charge is -2.04. The molecule has 0 saturated heterocycles. The third kappa shape index (κ3) is 3.30. The molecule has 0 saturated carbocycles. The van der Waals surface area contributed by atoms with Crippen LogP contribution >= 0.6 is 0 Å². The van der Waals surface area contributed by atoms with E-state index in [0.29, 0.717) is 6.54 Å². The summed E-state index contributed by atoms with van der Waals surface area (Å²) in [5, 5.41) is 7.23. The fraction of sp³-hybridized carbons (Fsp3) is 0.600. The number of aromatic nitrogens is 2. The molecule has 1 heterocycles. The first-order chi connectivity index (χ1) is 6.74. The molecule has 0 unspecified atom stereocenters. The van der Waals surface area contributed by atoms with Crippen molar-refractivity contribution < 1.29 is 0 Å². The molecular weight excluding hydrogens is 178 g/mol. The normalized spacial score (nSPS) is 10.4. The van der Waals surface area contributed by atoms with E-state index in [4.69, 9.17) is 0 Å². The van der Waals surface area contributed by atoms with Crippen LogP contribution in [0, 0.1) is 6.92 Å². The molecule has 0 bridgehead atoms.